The van der Waals surface area contributed by atoms with E-state index in [1.165, 1.54) is 36.7 Å². The van der Waals surface area contributed by atoms with Gasteiger partial charge in [0, 0.05) is 40.7 Å². The third-order valence-corrected chi connectivity index (χ3v) is 8.54. The molecule has 49 heavy (non-hydrogen) atoms. The van der Waals surface area contributed by atoms with Gasteiger partial charge in [0.2, 0.25) is 17.5 Å². The molecular formula is C34H29F4N7O4. The van der Waals surface area contributed by atoms with Gasteiger partial charge in [-0.05, 0) is 73.5 Å². The van der Waals surface area contributed by atoms with Crippen LogP contribution in [-0.4, -0.2) is 56.2 Å². The number of nitrogens with two attached hydrogens (primary N) is 1. The Kier molecular flexibility index (Phi) is 8.40. The number of hydrogen-bond donors (Lipinski definition) is 4. The van der Waals surface area contributed by atoms with Gasteiger partial charge >= 0.3 is 6.18 Å². The molecule has 0 spiro atoms. The number of aliphatic hydroxyl groups is 1. The van der Waals surface area contributed by atoms with Crippen molar-refractivity contribution in [1.29, 1.82) is 0 Å². The number of aryl methyl sites for hydroxylation is 1. The van der Waals surface area contributed by atoms with Gasteiger partial charge in [-0.25, -0.2) is 19.3 Å². The molecule has 252 valence electrons. The summed E-state index contributed by atoms with van der Waals surface area (Å²) in [4.78, 5) is 43.0. The fraction of sp³-hybridized carbons (Fsp3) is 0.235. The van der Waals surface area contributed by atoms with Crippen molar-refractivity contribution in [1.82, 2.24) is 25.3 Å². The fourth-order valence-electron chi connectivity index (χ4n) is 5.71. The minimum absolute atomic E-state index is 0.0166. The molecule has 5 aromatic rings. The summed E-state index contributed by atoms with van der Waals surface area (Å²) < 4.78 is 64.3. The van der Waals surface area contributed by atoms with Gasteiger partial charge in [-0.1, -0.05) is 6.92 Å². The van der Waals surface area contributed by atoms with Crippen LogP contribution in [0, 0.1) is 12.7 Å². The average Bonchev–Trinajstić information content (AvgIpc) is 3.47. The Bertz CT molecular complexity index is 2080. The molecular weight excluding hydrogens is 646 g/mol. The number of amides is 2. The summed E-state index contributed by atoms with van der Waals surface area (Å²) >= 11 is 0. The van der Waals surface area contributed by atoms with Crippen LogP contribution in [0.25, 0.3) is 22.2 Å². The zero-order chi connectivity index (χ0) is 35.1. The number of fused-ring (bicyclic) bond motifs is 2. The van der Waals surface area contributed by atoms with Crippen molar-refractivity contribution in [2.75, 3.05) is 18.5 Å². The lowest BCUT2D eigenvalue weighted by Crippen LogP contribution is -2.52. The van der Waals surface area contributed by atoms with Crippen LogP contribution in [0.4, 0.5) is 29.2 Å². The van der Waals surface area contributed by atoms with Crippen LogP contribution in [0.5, 0.6) is 5.75 Å². The largest absolute Gasteiger partial charge is 0.489 e. The van der Waals surface area contributed by atoms with E-state index in [0.717, 1.165) is 23.8 Å². The average molecular weight is 676 g/mol. The Hall–Kier alpha value is -5.70. The van der Waals surface area contributed by atoms with E-state index < -0.39 is 47.1 Å². The zero-order valence-corrected chi connectivity index (χ0v) is 26.1. The molecule has 1 unspecified atom stereocenters. The molecule has 2 amide bonds. The van der Waals surface area contributed by atoms with Gasteiger partial charge < -0.3 is 26.2 Å². The number of aromatic nitrogens is 4. The molecule has 2 aromatic carbocycles. The zero-order valence-electron chi connectivity index (χ0n) is 26.1. The van der Waals surface area contributed by atoms with E-state index in [0.29, 0.717) is 16.6 Å². The van der Waals surface area contributed by atoms with E-state index >= 15 is 0 Å². The van der Waals surface area contributed by atoms with Gasteiger partial charge in [0.05, 0.1) is 23.4 Å². The highest BCUT2D eigenvalue weighted by Crippen LogP contribution is 2.49. The maximum absolute atomic E-state index is 14.9. The Morgan fingerprint density at radius 3 is 2.43 bits per heavy atom. The summed E-state index contributed by atoms with van der Waals surface area (Å²) in [6.45, 7) is 1.76. The Morgan fingerprint density at radius 2 is 1.78 bits per heavy atom. The first-order valence-corrected chi connectivity index (χ1v) is 15.0. The predicted molar refractivity (Wildman–Crippen MR) is 170 cm³/mol. The van der Waals surface area contributed by atoms with E-state index in [1.807, 2.05) is 0 Å². The molecule has 1 aliphatic rings. The minimum Gasteiger partial charge on any atom is -0.489 e. The quantitative estimate of drug-likeness (QED) is 0.158. The highest BCUT2D eigenvalue weighted by atomic mass is 19.4. The van der Waals surface area contributed by atoms with Crippen LogP contribution in [0.15, 0.2) is 73.2 Å². The molecule has 11 nitrogen and oxygen atoms in total. The molecule has 3 aromatic heterocycles. The summed E-state index contributed by atoms with van der Waals surface area (Å²) in [5, 5.41) is 17.1. The third kappa shape index (κ3) is 5.97. The molecule has 6 rings (SSSR count). The van der Waals surface area contributed by atoms with Gasteiger partial charge in [-0.2, -0.15) is 13.2 Å². The second-order valence-electron chi connectivity index (χ2n) is 11.7. The molecule has 5 N–H and O–H groups in total. The lowest BCUT2D eigenvalue weighted by molar-refractivity contribution is -0.265. The van der Waals surface area contributed by atoms with Crippen molar-refractivity contribution in [3.63, 3.8) is 0 Å². The minimum atomic E-state index is -5.38. The number of alkyl halides is 3. The Labute approximate surface area is 276 Å². The highest BCUT2D eigenvalue weighted by Gasteiger charge is 2.58. The van der Waals surface area contributed by atoms with Gasteiger partial charge in [0.1, 0.15) is 29.3 Å². The van der Waals surface area contributed by atoms with Gasteiger partial charge in [0.15, 0.2) is 0 Å². The molecule has 0 radical (unpaired) electrons. The first kappa shape index (κ1) is 33.2. The molecule has 2 atom stereocenters. The Morgan fingerprint density at radius 1 is 1.06 bits per heavy atom. The number of carbonyl (C=O) groups is 2. The van der Waals surface area contributed by atoms with Crippen LogP contribution < -0.4 is 21.1 Å². The van der Waals surface area contributed by atoms with Crippen LogP contribution in [0.2, 0.25) is 0 Å². The molecule has 0 aliphatic carbocycles. The number of nitrogens with zero attached hydrogens (tertiary/aromatic N) is 4. The summed E-state index contributed by atoms with van der Waals surface area (Å²) in [6, 6.07) is 11.8. The molecule has 4 heterocycles. The van der Waals surface area contributed by atoms with Crippen LogP contribution in [0.1, 0.15) is 40.5 Å². The maximum Gasteiger partial charge on any atom is 0.424 e. The smallest absolute Gasteiger partial charge is 0.424 e. The van der Waals surface area contributed by atoms with Crippen molar-refractivity contribution in [3.8, 4) is 17.0 Å². The van der Waals surface area contributed by atoms with Gasteiger partial charge in [-0.15, -0.1) is 0 Å². The summed E-state index contributed by atoms with van der Waals surface area (Å²) in [7, 11) is 0. The lowest BCUT2D eigenvalue weighted by atomic mass is 9.78. The lowest BCUT2D eigenvalue weighted by Gasteiger charge is -2.32. The number of anilines is 2. The van der Waals surface area contributed by atoms with Crippen molar-refractivity contribution in [3.05, 3.63) is 101 Å². The van der Waals surface area contributed by atoms with Crippen molar-refractivity contribution >= 4 is 34.4 Å². The van der Waals surface area contributed by atoms with Crippen LogP contribution >= 0.6 is 0 Å². The number of halogens is 4. The maximum atomic E-state index is 14.9. The van der Waals surface area contributed by atoms with Crippen LogP contribution in [0.3, 0.4) is 0 Å². The number of rotatable bonds is 9. The number of carbonyl (C=O) groups excluding carboxylic acids is 2. The van der Waals surface area contributed by atoms with E-state index in [1.54, 1.807) is 32.2 Å². The number of nitrogens with one attached hydrogen (secondary N) is 2. The molecule has 1 aliphatic heterocycles. The number of primary amides is 1. The normalized spacial score (nSPS) is 16.8. The summed E-state index contributed by atoms with van der Waals surface area (Å²) in [6.07, 6.45) is -0.715. The Balaban J connectivity index is 1.42. The second kappa shape index (κ2) is 12.4. The first-order valence-electron chi connectivity index (χ1n) is 15.0. The SMILES string of the molecule is CC[C@]1(C(N)=O)COc2c1cc(C(O)(CNC(=O)c1cc(Nc3ncccn3)c3ncc(C)cc3c1)C(F)(F)F)nc2-c1ccc(F)cc1. The molecule has 0 saturated heterocycles. The number of ether oxygens (including phenoxy) is 1. The monoisotopic (exact) mass is 675 g/mol. The second-order valence-corrected chi connectivity index (χ2v) is 11.7. The van der Waals surface area contributed by atoms with E-state index in [4.69, 9.17) is 10.5 Å². The number of hydrogen-bond acceptors (Lipinski definition) is 9. The van der Waals surface area contributed by atoms with Gasteiger partial charge in [0.25, 0.3) is 5.91 Å². The molecule has 0 bridgehead atoms. The number of benzene rings is 2. The molecule has 0 fully saturated rings. The highest BCUT2D eigenvalue weighted by molar-refractivity contribution is 6.02. The predicted octanol–water partition coefficient (Wildman–Crippen LogP) is 4.98. The first-order chi connectivity index (χ1) is 23.3. The number of pyridine rings is 2. The standard InChI is InChI=1S/C34H29F4N7O4/c1-3-32(30(39)47)17-49-28-23(32)14-25(45-27(28)19-5-7-22(35)8-6-19)33(48,34(36,37)38)16-43-29(46)21-12-20-11-18(2)15-42-26(20)24(13-21)44-31-40-9-4-10-41-31/h4-15,48H,3,16-17H2,1-2H3,(H2,39,47)(H,43,46)(H,40,41,44)/t32-,33?/m0/s1. The topological polar surface area (TPSA) is 165 Å². The molecule has 0 saturated carbocycles. The van der Waals surface area contributed by atoms with Crippen molar-refractivity contribution < 1.29 is 37.0 Å². The third-order valence-electron chi connectivity index (χ3n) is 8.54. The van der Waals surface area contributed by atoms with E-state index in [2.05, 4.69) is 30.6 Å². The summed E-state index contributed by atoms with van der Waals surface area (Å²) in [5.74, 6) is -2.25. The van der Waals surface area contributed by atoms with E-state index in [-0.39, 0.29) is 47.1 Å². The van der Waals surface area contributed by atoms with Crippen LogP contribution in [-0.2, 0) is 15.8 Å². The van der Waals surface area contributed by atoms with Crippen molar-refractivity contribution in [2.45, 2.75) is 37.5 Å². The van der Waals surface area contributed by atoms with E-state index in [9.17, 15) is 32.3 Å². The van der Waals surface area contributed by atoms with Crippen molar-refractivity contribution in [2.24, 2.45) is 5.73 Å². The molecule has 15 heteroatoms. The summed E-state index contributed by atoms with van der Waals surface area (Å²) in [5.41, 5.74) is 0.952. The van der Waals surface area contributed by atoms with Gasteiger partial charge in [-0.3, -0.25) is 14.6 Å². The fourth-order valence-corrected chi connectivity index (χ4v) is 5.71.